The molecule has 1 aromatic carbocycles. The van der Waals surface area contributed by atoms with Crippen LogP contribution in [-0.2, 0) is 0 Å². The smallest absolute Gasteiger partial charge is 0.125 e. The lowest BCUT2D eigenvalue weighted by Crippen LogP contribution is -2.44. The number of hydrogen-bond acceptors (Lipinski definition) is 3. The average molecular weight is 250 g/mol. The molecule has 1 N–H and O–H groups in total. The largest absolute Gasteiger partial charge is 0.487 e. The highest BCUT2D eigenvalue weighted by Crippen LogP contribution is 2.45. The number of fused-ring (bicyclic) bond motifs is 1. The van der Waals surface area contributed by atoms with Crippen LogP contribution in [0.15, 0.2) is 18.2 Å². The second-order valence-corrected chi connectivity index (χ2v) is 6.38. The number of aryl methyl sites for hydroxylation is 1. The van der Waals surface area contributed by atoms with Crippen molar-refractivity contribution in [3.63, 3.8) is 0 Å². The highest BCUT2D eigenvalue weighted by atomic mass is 32.2. The summed E-state index contributed by atoms with van der Waals surface area (Å²) in [6, 6.07) is 6.11. The molecule has 2 aliphatic rings. The Hall–Kier alpha value is -0.670. The molecule has 2 aliphatic heterocycles. The molecule has 3 rings (SSSR count). The Balaban J connectivity index is 1.94. The van der Waals surface area contributed by atoms with Crippen LogP contribution < -0.4 is 4.74 Å². The van der Waals surface area contributed by atoms with E-state index in [1.54, 1.807) is 0 Å². The minimum atomic E-state index is -0.359. The number of ether oxygens (including phenoxy) is 1. The van der Waals surface area contributed by atoms with Gasteiger partial charge >= 0.3 is 0 Å². The van der Waals surface area contributed by atoms with Gasteiger partial charge in [0, 0.05) is 12.0 Å². The minimum absolute atomic E-state index is 0.104. The third-order valence-electron chi connectivity index (χ3n) is 3.82. The number of benzene rings is 1. The van der Waals surface area contributed by atoms with Gasteiger partial charge in [-0.25, -0.2) is 0 Å². The van der Waals surface area contributed by atoms with Gasteiger partial charge in [0.2, 0.25) is 0 Å². The molecule has 1 atom stereocenters. The first-order chi connectivity index (χ1) is 8.19. The van der Waals surface area contributed by atoms with Crippen LogP contribution in [0.4, 0.5) is 0 Å². The maximum atomic E-state index is 10.3. The van der Waals surface area contributed by atoms with Crippen molar-refractivity contribution in [1.29, 1.82) is 0 Å². The van der Waals surface area contributed by atoms with Crippen LogP contribution in [0, 0.1) is 6.92 Å². The SMILES string of the molecule is Cc1ccc2c(c1)[C@@H](O)CC1(CCSCC1)O2. The number of rotatable bonds is 0. The Labute approximate surface area is 106 Å². The van der Waals surface area contributed by atoms with Crippen LogP contribution in [0.1, 0.15) is 36.5 Å². The molecule has 0 aliphatic carbocycles. The molecule has 0 amide bonds. The summed E-state index contributed by atoms with van der Waals surface area (Å²) in [5.41, 5.74) is 2.04. The molecule has 0 aromatic heterocycles. The molecule has 1 aromatic rings. The van der Waals surface area contributed by atoms with Crippen molar-refractivity contribution in [3.05, 3.63) is 29.3 Å². The summed E-state index contributed by atoms with van der Waals surface area (Å²) in [7, 11) is 0. The van der Waals surface area contributed by atoms with Gasteiger partial charge in [0.15, 0.2) is 0 Å². The molecule has 92 valence electrons. The van der Waals surface area contributed by atoms with Crippen molar-refractivity contribution in [3.8, 4) is 5.75 Å². The van der Waals surface area contributed by atoms with Crippen molar-refractivity contribution in [2.24, 2.45) is 0 Å². The van der Waals surface area contributed by atoms with E-state index in [0.717, 1.165) is 42.1 Å². The molecule has 2 nitrogen and oxygen atoms in total. The third kappa shape index (κ3) is 2.06. The number of aliphatic hydroxyl groups is 1. The van der Waals surface area contributed by atoms with E-state index < -0.39 is 0 Å². The fourth-order valence-electron chi connectivity index (χ4n) is 2.81. The van der Waals surface area contributed by atoms with Crippen molar-refractivity contribution < 1.29 is 9.84 Å². The Kier molecular flexibility index (Phi) is 2.83. The van der Waals surface area contributed by atoms with E-state index in [9.17, 15) is 5.11 Å². The van der Waals surface area contributed by atoms with E-state index in [4.69, 9.17) is 4.74 Å². The summed E-state index contributed by atoms with van der Waals surface area (Å²) in [6.45, 7) is 2.05. The molecule has 0 unspecified atom stereocenters. The lowest BCUT2D eigenvalue weighted by Gasteiger charge is -2.43. The first kappa shape index (κ1) is 11.4. The van der Waals surface area contributed by atoms with Crippen LogP contribution in [0.2, 0.25) is 0 Å². The van der Waals surface area contributed by atoms with E-state index in [1.807, 2.05) is 23.9 Å². The molecule has 1 saturated heterocycles. The fraction of sp³-hybridized carbons (Fsp3) is 0.571. The topological polar surface area (TPSA) is 29.5 Å². The molecule has 2 heterocycles. The molecule has 0 bridgehead atoms. The van der Waals surface area contributed by atoms with Crippen LogP contribution in [-0.4, -0.2) is 22.2 Å². The number of thioether (sulfide) groups is 1. The summed E-state index contributed by atoms with van der Waals surface area (Å²) in [5.74, 6) is 3.18. The zero-order valence-corrected chi connectivity index (χ0v) is 10.9. The van der Waals surface area contributed by atoms with Crippen molar-refractivity contribution in [2.75, 3.05) is 11.5 Å². The zero-order valence-electron chi connectivity index (χ0n) is 10.1. The van der Waals surface area contributed by atoms with Crippen LogP contribution >= 0.6 is 11.8 Å². The van der Waals surface area contributed by atoms with Gasteiger partial charge in [-0.3, -0.25) is 0 Å². The van der Waals surface area contributed by atoms with E-state index in [2.05, 4.69) is 13.0 Å². The predicted molar refractivity (Wildman–Crippen MR) is 70.7 cm³/mol. The molecule has 0 radical (unpaired) electrons. The van der Waals surface area contributed by atoms with Crippen LogP contribution in [0.5, 0.6) is 5.75 Å². The summed E-state index contributed by atoms with van der Waals surface area (Å²) < 4.78 is 6.21. The Bertz CT molecular complexity index is 424. The lowest BCUT2D eigenvalue weighted by molar-refractivity contribution is -0.0198. The molecule has 1 spiro atoms. The Morgan fingerprint density at radius 3 is 2.88 bits per heavy atom. The molecule has 0 saturated carbocycles. The van der Waals surface area contributed by atoms with E-state index in [-0.39, 0.29) is 11.7 Å². The molecular weight excluding hydrogens is 232 g/mol. The first-order valence-corrected chi connectivity index (χ1v) is 7.39. The van der Waals surface area contributed by atoms with Crippen LogP contribution in [0.25, 0.3) is 0 Å². The maximum Gasteiger partial charge on any atom is 0.125 e. The fourth-order valence-corrected chi connectivity index (χ4v) is 4.04. The van der Waals surface area contributed by atoms with Gasteiger partial charge in [-0.1, -0.05) is 11.6 Å². The normalized spacial score (nSPS) is 26.4. The van der Waals surface area contributed by atoms with E-state index in [1.165, 1.54) is 5.56 Å². The zero-order chi connectivity index (χ0) is 11.9. The van der Waals surface area contributed by atoms with Gasteiger partial charge in [-0.15, -0.1) is 0 Å². The van der Waals surface area contributed by atoms with Gasteiger partial charge in [0.05, 0.1) is 6.10 Å². The third-order valence-corrected chi connectivity index (χ3v) is 4.81. The molecule has 3 heteroatoms. The van der Waals surface area contributed by atoms with E-state index in [0.29, 0.717) is 0 Å². The van der Waals surface area contributed by atoms with Gasteiger partial charge < -0.3 is 9.84 Å². The summed E-state index contributed by atoms with van der Waals surface area (Å²) >= 11 is 1.99. The maximum absolute atomic E-state index is 10.3. The number of aliphatic hydroxyl groups excluding tert-OH is 1. The summed E-state index contributed by atoms with van der Waals surface area (Å²) in [5, 5.41) is 10.3. The van der Waals surface area contributed by atoms with Gasteiger partial charge in [0.25, 0.3) is 0 Å². The molecule has 1 fully saturated rings. The highest BCUT2D eigenvalue weighted by molar-refractivity contribution is 7.99. The second kappa shape index (κ2) is 4.21. The van der Waals surface area contributed by atoms with Crippen molar-refractivity contribution in [2.45, 2.75) is 37.9 Å². The average Bonchev–Trinajstić information content (AvgIpc) is 2.31. The molecule has 17 heavy (non-hydrogen) atoms. The summed E-state index contributed by atoms with van der Waals surface area (Å²) in [4.78, 5) is 0. The summed E-state index contributed by atoms with van der Waals surface area (Å²) in [6.07, 6.45) is 2.51. The monoisotopic (exact) mass is 250 g/mol. The lowest BCUT2D eigenvalue weighted by atomic mass is 9.84. The van der Waals surface area contributed by atoms with Crippen molar-refractivity contribution >= 4 is 11.8 Å². The first-order valence-electron chi connectivity index (χ1n) is 6.24. The Morgan fingerprint density at radius 2 is 2.12 bits per heavy atom. The predicted octanol–water partition coefficient (Wildman–Crippen LogP) is 3.08. The molecular formula is C14H18O2S. The van der Waals surface area contributed by atoms with Crippen LogP contribution in [0.3, 0.4) is 0 Å². The highest BCUT2D eigenvalue weighted by Gasteiger charge is 2.41. The van der Waals surface area contributed by atoms with Gasteiger partial charge in [0.1, 0.15) is 11.4 Å². The second-order valence-electron chi connectivity index (χ2n) is 5.16. The Morgan fingerprint density at radius 1 is 1.35 bits per heavy atom. The van der Waals surface area contributed by atoms with Gasteiger partial charge in [-0.05, 0) is 43.4 Å². The number of hydrogen-bond donors (Lipinski definition) is 1. The quantitative estimate of drug-likeness (QED) is 0.767. The standard InChI is InChI=1S/C14H18O2S/c1-10-2-3-13-11(8-10)12(15)9-14(16-13)4-6-17-7-5-14/h2-3,8,12,15H,4-7,9H2,1H3/t12-/m0/s1. The van der Waals surface area contributed by atoms with Crippen molar-refractivity contribution in [1.82, 2.24) is 0 Å². The minimum Gasteiger partial charge on any atom is -0.487 e. The van der Waals surface area contributed by atoms with Gasteiger partial charge in [-0.2, -0.15) is 11.8 Å². The van der Waals surface area contributed by atoms with E-state index >= 15 is 0 Å².